The summed E-state index contributed by atoms with van der Waals surface area (Å²) in [6.45, 7) is 7.42. The maximum atomic E-state index is 6.01. The second kappa shape index (κ2) is 12.6. The van der Waals surface area contributed by atoms with Gasteiger partial charge in [-0.05, 0) is 22.9 Å². The Hall–Kier alpha value is -3.82. The Bertz CT molecular complexity index is 1480. The van der Waals surface area contributed by atoms with Crippen LogP contribution in [0.25, 0.3) is 21.5 Å². The maximum absolute atomic E-state index is 6.01. The highest BCUT2D eigenvalue weighted by molar-refractivity contribution is 6.19. The average Bonchev–Trinajstić information content (AvgIpc) is 3.59. The number of hydrogen-bond donors (Lipinski definition) is 0. The first kappa shape index (κ1) is 27.0. The first-order valence-corrected chi connectivity index (χ1v) is 14.9. The molecule has 0 aromatic heterocycles. The smallest absolute Gasteiger partial charge is 0.137 e. The molecule has 7 rings (SSSR count). The quantitative estimate of drug-likeness (QED) is 0.294. The first-order chi connectivity index (χ1) is 20.9. The summed E-state index contributed by atoms with van der Waals surface area (Å²) in [7, 11) is 0. The Kier molecular flexibility index (Phi) is 8.10. The molecule has 0 radical (unpaired) electrons. The fourth-order valence-electron chi connectivity index (χ4n) is 6.02. The molecule has 4 aromatic rings. The molecule has 0 saturated carbocycles. The molecular weight excluding hydrogens is 528 g/mol. The zero-order valence-corrected chi connectivity index (χ0v) is 23.8. The van der Waals surface area contributed by atoms with Gasteiger partial charge in [0, 0.05) is 48.1 Å². The summed E-state index contributed by atoms with van der Waals surface area (Å²) in [5.41, 5.74) is 4.40. The molecule has 216 valence electrons. The summed E-state index contributed by atoms with van der Waals surface area (Å²) in [6.07, 6.45) is 0. The molecule has 3 aliphatic rings. The predicted octanol–water partition coefficient (Wildman–Crippen LogP) is 5.16. The van der Waals surface area contributed by atoms with Crippen LogP contribution in [0.2, 0.25) is 0 Å². The van der Waals surface area contributed by atoms with Crippen LogP contribution in [-0.4, -0.2) is 101 Å². The second-order valence-electron chi connectivity index (χ2n) is 10.7. The van der Waals surface area contributed by atoms with Gasteiger partial charge in [-0.3, -0.25) is 0 Å². The Balaban J connectivity index is 0.984. The van der Waals surface area contributed by atoms with E-state index in [0.29, 0.717) is 52.9 Å². The summed E-state index contributed by atoms with van der Waals surface area (Å²) in [6, 6.07) is 25.4. The van der Waals surface area contributed by atoms with E-state index < -0.39 is 0 Å². The van der Waals surface area contributed by atoms with Crippen LogP contribution in [0.3, 0.4) is 0 Å². The van der Waals surface area contributed by atoms with E-state index in [0.717, 1.165) is 49.2 Å². The average molecular weight is 565 g/mol. The molecule has 3 aliphatic heterocycles. The molecule has 0 amide bonds. The summed E-state index contributed by atoms with van der Waals surface area (Å²) < 4.78 is 24.0. The van der Waals surface area contributed by atoms with Crippen LogP contribution in [0.4, 0.5) is 11.4 Å². The van der Waals surface area contributed by atoms with Crippen molar-refractivity contribution in [2.75, 3.05) is 79.0 Å². The Labute approximate surface area is 246 Å². The topological polar surface area (TPSA) is 68.1 Å². The normalized spacial score (nSPS) is 19.0. The summed E-state index contributed by atoms with van der Waals surface area (Å²) in [4.78, 5) is 14.6. The van der Waals surface area contributed by atoms with Crippen LogP contribution in [0.15, 0.2) is 82.8 Å². The summed E-state index contributed by atoms with van der Waals surface area (Å²) >= 11 is 0. The maximum Gasteiger partial charge on any atom is 0.137 e. The third-order valence-corrected chi connectivity index (χ3v) is 8.07. The van der Waals surface area contributed by atoms with Crippen molar-refractivity contribution >= 4 is 44.6 Å². The van der Waals surface area contributed by atoms with Crippen molar-refractivity contribution < 1.29 is 18.9 Å². The van der Waals surface area contributed by atoms with Crippen molar-refractivity contribution in [1.82, 2.24) is 9.80 Å². The summed E-state index contributed by atoms with van der Waals surface area (Å²) in [5.74, 6) is 1.98. The van der Waals surface area contributed by atoms with E-state index in [1.807, 2.05) is 0 Å². The monoisotopic (exact) mass is 564 g/mol. The predicted molar refractivity (Wildman–Crippen MR) is 167 cm³/mol. The lowest BCUT2D eigenvalue weighted by molar-refractivity contribution is 0.0217. The molecule has 3 heterocycles. The molecule has 1 saturated heterocycles. The van der Waals surface area contributed by atoms with Gasteiger partial charge in [0.25, 0.3) is 0 Å². The van der Waals surface area contributed by atoms with Crippen molar-refractivity contribution in [2.45, 2.75) is 0 Å². The molecular formula is C34H36N4O4. The molecule has 0 N–H and O–H groups in total. The number of hydrogen-bond acceptors (Lipinski definition) is 8. The lowest BCUT2D eigenvalue weighted by atomic mass is 10.0. The number of benzene rings is 4. The van der Waals surface area contributed by atoms with Gasteiger partial charge in [0.15, 0.2) is 0 Å². The van der Waals surface area contributed by atoms with Gasteiger partial charge in [0.1, 0.15) is 11.7 Å². The van der Waals surface area contributed by atoms with E-state index >= 15 is 0 Å². The number of ether oxygens (including phenoxy) is 4. The number of aliphatic imine (C=N–C) groups is 2. The molecule has 4 aromatic carbocycles. The van der Waals surface area contributed by atoms with E-state index in [4.69, 9.17) is 28.9 Å². The van der Waals surface area contributed by atoms with Gasteiger partial charge < -0.3 is 28.7 Å². The van der Waals surface area contributed by atoms with Gasteiger partial charge in [0.05, 0.1) is 64.2 Å². The van der Waals surface area contributed by atoms with Gasteiger partial charge in [-0.1, -0.05) is 60.7 Å². The minimum absolute atomic E-state index is 0.543. The number of amidine groups is 2. The van der Waals surface area contributed by atoms with E-state index in [9.17, 15) is 0 Å². The van der Waals surface area contributed by atoms with E-state index in [2.05, 4.69) is 82.6 Å². The molecule has 0 atom stereocenters. The van der Waals surface area contributed by atoms with Gasteiger partial charge in [-0.25, -0.2) is 9.98 Å². The van der Waals surface area contributed by atoms with Crippen LogP contribution in [-0.2, 0) is 18.9 Å². The van der Waals surface area contributed by atoms with Crippen molar-refractivity contribution in [3.8, 4) is 0 Å². The zero-order valence-electron chi connectivity index (χ0n) is 23.8. The number of rotatable bonds is 0. The molecule has 1 fully saturated rings. The third-order valence-electron chi connectivity index (χ3n) is 8.07. The zero-order chi connectivity index (χ0) is 28.1. The highest BCUT2D eigenvalue weighted by Crippen LogP contribution is 2.37. The van der Waals surface area contributed by atoms with Gasteiger partial charge in [0.2, 0.25) is 0 Å². The number of nitrogens with zero attached hydrogens (tertiary/aromatic N) is 4. The van der Waals surface area contributed by atoms with Gasteiger partial charge >= 0.3 is 0 Å². The third kappa shape index (κ3) is 5.51. The van der Waals surface area contributed by atoms with Crippen molar-refractivity contribution in [1.29, 1.82) is 0 Å². The minimum atomic E-state index is 0.543. The van der Waals surface area contributed by atoms with Crippen LogP contribution in [0.1, 0.15) is 11.1 Å². The lowest BCUT2D eigenvalue weighted by Crippen LogP contribution is -2.38. The molecule has 8 nitrogen and oxygen atoms in total. The van der Waals surface area contributed by atoms with Crippen molar-refractivity contribution in [2.24, 2.45) is 9.98 Å². The van der Waals surface area contributed by atoms with Crippen molar-refractivity contribution in [3.63, 3.8) is 0 Å². The molecule has 42 heavy (non-hydrogen) atoms. The fraction of sp³-hybridized carbons (Fsp3) is 0.353. The van der Waals surface area contributed by atoms with E-state index in [-0.39, 0.29) is 0 Å². The van der Waals surface area contributed by atoms with Gasteiger partial charge in [-0.15, -0.1) is 0 Å². The largest absolute Gasteiger partial charge is 0.377 e. The highest BCUT2D eigenvalue weighted by Gasteiger charge is 2.24. The highest BCUT2D eigenvalue weighted by atomic mass is 16.5. The summed E-state index contributed by atoms with van der Waals surface area (Å²) in [5, 5.41) is 4.87. The molecule has 8 heteroatoms. The molecule has 0 spiro atoms. The Morgan fingerprint density at radius 2 is 0.786 bits per heavy atom. The van der Waals surface area contributed by atoms with E-state index in [1.54, 1.807) is 0 Å². The van der Waals surface area contributed by atoms with Crippen LogP contribution in [0, 0.1) is 0 Å². The Morgan fingerprint density at radius 3 is 1.17 bits per heavy atom. The minimum Gasteiger partial charge on any atom is -0.377 e. The molecule has 0 unspecified atom stereocenters. The molecule has 0 bridgehead atoms. The molecule has 0 aliphatic carbocycles. The van der Waals surface area contributed by atoms with Crippen LogP contribution >= 0.6 is 0 Å². The SMILES string of the molecule is c1cc2c3c(cccc3c1)C(N1CCOCCOCCN(C3=Nc4cccc5cccc3c45)CCOCCOCC1)=N2. The van der Waals surface area contributed by atoms with Crippen LogP contribution < -0.4 is 0 Å². The standard InChI is InChI=1S/C34H36N4O4/c1-5-25-7-3-11-29-31(25)27(9-1)33(35-29)37-13-17-39-21-23-41-19-15-38(16-20-42-24-22-40-18-14-37)34-28-10-2-6-26-8-4-12-30(36-34)32(26)28/h1-12H,13-24H2. The van der Waals surface area contributed by atoms with Gasteiger partial charge in [-0.2, -0.15) is 0 Å². The van der Waals surface area contributed by atoms with Crippen LogP contribution in [0.5, 0.6) is 0 Å². The lowest BCUT2D eigenvalue weighted by Gasteiger charge is -2.26. The first-order valence-electron chi connectivity index (χ1n) is 14.9. The van der Waals surface area contributed by atoms with E-state index in [1.165, 1.54) is 32.7 Å². The fourth-order valence-corrected chi connectivity index (χ4v) is 6.02. The second-order valence-corrected chi connectivity index (χ2v) is 10.7. The Morgan fingerprint density at radius 1 is 0.429 bits per heavy atom. The van der Waals surface area contributed by atoms with Crippen molar-refractivity contribution in [3.05, 3.63) is 83.9 Å².